The van der Waals surface area contributed by atoms with Crippen LogP contribution in [0.2, 0.25) is 0 Å². The number of nitrogens with one attached hydrogen (secondary N) is 1. The minimum Gasteiger partial charge on any atom is -0.349 e. The molecule has 0 saturated carbocycles. The van der Waals surface area contributed by atoms with Gasteiger partial charge in [0.1, 0.15) is 0 Å². The molecule has 0 rings (SSSR count). The number of halogens is 4. The Morgan fingerprint density at radius 1 is 1.40 bits per heavy atom. The minimum absolute atomic E-state index is 0.159. The first-order valence-electron chi connectivity index (χ1n) is 4.30. The highest BCUT2D eigenvalue weighted by Crippen LogP contribution is 2.21. The van der Waals surface area contributed by atoms with Crippen LogP contribution in [-0.4, -0.2) is 30.0 Å². The normalized spacial score (nSPS) is 14.5. The molecule has 1 unspecified atom stereocenters. The zero-order valence-corrected chi connectivity index (χ0v) is 9.20. The van der Waals surface area contributed by atoms with Crippen molar-refractivity contribution in [2.75, 3.05) is 6.54 Å². The topological polar surface area (TPSA) is 29.1 Å². The molecule has 0 aliphatic rings. The molecule has 0 heterocycles. The van der Waals surface area contributed by atoms with Crippen LogP contribution < -0.4 is 5.32 Å². The average Bonchev–Trinajstić information content (AvgIpc) is 2.12. The number of rotatable bonds is 5. The fourth-order valence-electron chi connectivity index (χ4n) is 0.689. The van der Waals surface area contributed by atoms with E-state index in [9.17, 15) is 22.4 Å². The largest absolute Gasteiger partial charge is 0.349 e. The Bertz CT molecular complexity index is 223. The third-order valence-corrected chi connectivity index (χ3v) is 2.55. The van der Waals surface area contributed by atoms with Crippen molar-refractivity contribution in [1.82, 2.24) is 5.32 Å². The summed E-state index contributed by atoms with van der Waals surface area (Å²) in [6.45, 7) is 1.97. The molecule has 0 aromatic carbocycles. The summed E-state index contributed by atoms with van der Waals surface area (Å²) >= 11 is 3.86. The van der Waals surface area contributed by atoms with Gasteiger partial charge in [0.05, 0.1) is 11.8 Å². The van der Waals surface area contributed by atoms with Crippen molar-refractivity contribution in [2.24, 2.45) is 5.92 Å². The van der Waals surface area contributed by atoms with Gasteiger partial charge in [-0.05, 0) is 5.92 Å². The van der Waals surface area contributed by atoms with E-state index in [4.69, 9.17) is 0 Å². The van der Waals surface area contributed by atoms with Crippen LogP contribution in [0.25, 0.3) is 0 Å². The lowest BCUT2D eigenvalue weighted by molar-refractivity contribution is -0.136. The third kappa shape index (κ3) is 4.72. The molecule has 1 amide bonds. The summed E-state index contributed by atoms with van der Waals surface area (Å²) in [6, 6.07) is 0. The average molecular weight is 247 g/mol. The van der Waals surface area contributed by atoms with Crippen LogP contribution in [0.1, 0.15) is 13.8 Å². The number of amides is 1. The number of carbonyl (C=O) groups is 1. The molecule has 0 bridgehead atoms. The summed E-state index contributed by atoms with van der Waals surface area (Å²) in [5.74, 6) is -5.12. The van der Waals surface area contributed by atoms with Crippen LogP contribution in [-0.2, 0) is 4.79 Å². The summed E-state index contributed by atoms with van der Waals surface area (Å²) < 4.78 is 48.2. The van der Waals surface area contributed by atoms with E-state index >= 15 is 0 Å². The van der Waals surface area contributed by atoms with Gasteiger partial charge in [0.15, 0.2) is 0 Å². The number of carbonyl (C=O) groups excluding carboxylic acids is 1. The predicted octanol–water partition coefficient (Wildman–Crippen LogP) is 1.96. The van der Waals surface area contributed by atoms with Crippen molar-refractivity contribution in [3.63, 3.8) is 0 Å². The molecule has 0 aromatic heterocycles. The molecular formula is C8H13F4NOS. The predicted molar refractivity (Wildman–Crippen MR) is 51.6 cm³/mol. The van der Waals surface area contributed by atoms with Crippen molar-refractivity contribution < 1.29 is 22.4 Å². The summed E-state index contributed by atoms with van der Waals surface area (Å²) in [5, 5.41) is 0.961. The second-order valence-corrected chi connectivity index (χ2v) is 4.02. The van der Waals surface area contributed by atoms with Crippen molar-refractivity contribution in [3.05, 3.63) is 0 Å². The van der Waals surface area contributed by atoms with Gasteiger partial charge in [0.2, 0.25) is 5.91 Å². The van der Waals surface area contributed by atoms with Crippen LogP contribution in [0.15, 0.2) is 0 Å². The quantitative estimate of drug-likeness (QED) is 0.564. The Morgan fingerprint density at radius 2 is 1.87 bits per heavy atom. The van der Waals surface area contributed by atoms with Gasteiger partial charge in [-0.1, -0.05) is 13.8 Å². The first kappa shape index (κ1) is 14.5. The highest BCUT2D eigenvalue weighted by Gasteiger charge is 2.41. The van der Waals surface area contributed by atoms with E-state index in [1.54, 1.807) is 19.2 Å². The maximum atomic E-state index is 12.4. The molecule has 0 aliphatic carbocycles. The number of hydrogen-bond donors (Lipinski definition) is 2. The van der Waals surface area contributed by atoms with Gasteiger partial charge in [-0.2, -0.15) is 21.4 Å². The van der Waals surface area contributed by atoms with Crippen molar-refractivity contribution in [1.29, 1.82) is 0 Å². The second kappa shape index (κ2) is 5.58. The maximum Gasteiger partial charge on any atom is 0.324 e. The molecule has 1 atom stereocenters. The van der Waals surface area contributed by atoms with Gasteiger partial charge in [-0.15, -0.1) is 0 Å². The standard InChI is InChI=1S/C8H13F4NOS/c1-4(2)5(15)6(14)13-3-8(11,12)7(9)10/h4-5,7,15H,3H2,1-2H3,(H,13,14). The molecule has 0 aliphatic heterocycles. The number of alkyl halides is 4. The SMILES string of the molecule is CC(C)C(S)C(=O)NCC(F)(F)C(F)F. The van der Waals surface area contributed by atoms with Crippen LogP contribution in [0.3, 0.4) is 0 Å². The molecule has 7 heteroatoms. The van der Waals surface area contributed by atoms with E-state index < -0.39 is 30.0 Å². The van der Waals surface area contributed by atoms with Gasteiger partial charge in [-0.3, -0.25) is 4.79 Å². The lowest BCUT2D eigenvalue weighted by Crippen LogP contribution is -2.44. The van der Waals surface area contributed by atoms with E-state index in [1.165, 1.54) is 0 Å². The van der Waals surface area contributed by atoms with Gasteiger partial charge in [-0.25, -0.2) is 8.78 Å². The molecular weight excluding hydrogens is 234 g/mol. The molecule has 15 heavy (non-hydrogen) atoms. The van der Waals surface area contributed by atoms with Gasteiger partial charge >= 0.3 is 12.3 Å². The highest BCUT2D eigenvalue weighted by molar-refractivity contribution is 7.81. The fraction of sp³-hybridized carbons (Fsp3) is 0.875. The fourth-order valence-corrected chi connectivity index (χ4v) is 0.781. The molecule has 0 fully saturated rings. The van der Waals surface area contributed by atoms with Crippen molar-refractivity contribution in [2.45, 2.75) is 31.4 Å². The van der Waals surface area contributed by atoms with E-state index in [2.05, 4.69) is 12.6 Å². The molecule has 2 nitrogen and oxygen atoms in total. The summed E-state index contributed by atoms with van der Waals surface area (Å²) in [5.41, 5.74) is 0. The van der Waals surface area contributed by atoms with Crippen LogP contribution in [0, 0.1) is 5.92 Å². The van der Waals surface area contributed by atoms with Crippen LogP contribution in [0.4, 0.5) is 17.6 Å². The first-order valence-corrected chi connectivity index (χ1v) is 4.82. The summed E-state index contributed by atoms with van der Waals surface area (Å²) in [6.07, 6.45) is -3.78. The zero-order valence-electron chi connectivity index (χ0n) is 8.31. The van der Waals surface area contributed by atoms with Crippen molar-refractivity contribution in [3.8, 4) is 0 Å². The summed E-state index contributed by atoms with van der Waals surface area (Å²) in [4.78, 5) is 11.1. The lowest BCUT2D eigenvalue weighted by Gasteiger charge is -2.19. The maximum absolute atomic E-state index is 12.4. The first-order chi connectivity index (χ1) is 6.68. The number of thiol groups is 1. The van der Waals surface area contributed by atoms with Crippen LogP contribution >= 0.6 is 12.6 Å². The Morgan fingerprint density at radius 3 is 2.20 bits per heavy atom. The molecule has 0 spiro atoms. The molecule has 0 aromatic rings. The Labute approximate surface area is 90.8 Å². The second-order valence-electron chi connectivity index (χ2n) is 3.47. The molecule has 1 N–H and O–H groups in total. The van der Waals surface area contributed by atoms with Crippen LogP contribution in [0.5, 0.6) is 0 Å². The van der Waals surface area contributed by atoms with Gasteiger partial charge in [0.25, 0.3) is 0 Å². The summed E-state index contributed by atoms with van der Waals surface area (Å²) in [7, 11) is 0. The van der Waals surface area contributed by atoms with E-state index in [-0.39, 0.29) is 5.92 Å². The third-order valence-electron chi connectivity index (χ3n) is 1.72. The Balaban J connectivity index is 4.12. The van der Waals surface area contributed by atoms with Crippen molar-refractivity contribution >= 4 is 18.5 Å². The lowest BCUT2D eigenvalue weighted by atomic mass is 10.1. The highest BCUT2D eigenvalue weighted by atomic mass is 32.1. The zero-order chi connectivity index (χ0) is 12.2. The minimum atomic E-state index is -4.19. The van der Waals surface area contributed by atoms with E-state index in [1.807, 2.05) is 0 Å². The molecule has 0 radical (unpaired) electrons. The Kier molecular flexibility index (Phi) is 5.41. The van der Waals surface area contributed by atoms with Gasteiger partial charge < -0.3 is 5.32 Å². The monoisotopic (exact) mass is 247 g/mol. The Hall–Kier alpha value is -0.460. The van der Waals surface area contributed by atoms with E-state index in [0.29, 0.717) is 0 Å². The van der Waals surface area contributed by atoms with E-state index in [0.717, 1.165) is 0 Å². The molecule has 90 valence electrons. The van der Waals surface area contributed by atoms with Gasteiger partial charge in [0, 0.05) is 0 Å². The molecule has 0 saturated heterocycles. The smallest absolute Gasteiger partial charge is 0.324 e. The number of hydrogen-bond acceptors (Lipinski definition) is 2.